The highest BCUT2D eigenvalue weighted by Gasteiger charge is 2.15. The van der Waals surface area contributed by atoms with Gasteiger partial charge in [0.1, 0.15) is 0 Å². The van der Waals surface area contributed by atoms with Crippen molar-refractivity contribution in [3.05, 3.63) is 64.2 Å². The highest BCUT2D eigenvalue weighted by molar-refractivity contribution is 7.85. The number of halogens is 1. The van der Waals surface area contributed by atoms with Gasteiger partial charge in [-0.05, 0) is 42.7 Å². The lowest BCUT2D eigenvalue weighted by molar-refractivity contribution is 0.482. The molecule has 0 spiro atoms. The smallest absolute Gasteiger partial charge is 0.282 e. The Labute approximate surface area is 117 Å². The van der Waals surface area contributed by atoms with Crippen molar-refractivity contribution in [1.82, 2.24) is 0 Å². The minimum absolute atomic E-state index is 0.0573. The Kier molecular flexibility index (Phi) is 3.94. The number of benzene rings is 2. The van der Waals surface area contributed by atoms with Crippen LogP contribution < -0.4 is 0 Å². The van der Waals surface area contributed by atoms with Crippen LogP contribution in [-0.2, 0) is 16.5 Å². The van der Waals surface area contributed by atoms with E-state index in [4.69, 9.17) is 11.6 Å². The minimum Gasteiger partial charge on any atom is -0.282 e. The molecule has 0 fully saturated rings. The zero-order valence-corrected chi connectivity index (χ0v) is 11.9. The van der Waals surface area contributed by atoms with E-state index in [0.717, 1.165) is 11.1 Å². The number of aryl methyl sites for hydroxylation is 1. The predicted octanol–water partition coefficient (Wildman–Crippen LogP) is 3.49. The summed E-state index contributed by atoms with van der Waals surface area (Å²) in [5.41, 5.74) is 2.39. The molecular formula is C14H13ClO3S. The number of hydrogen-bond donors (Lipinski definition) is 1. The zero-order valence-electron chi connectivity index (χ0n) is 10.3. The first kappa shape index (κ1) is 14.1. The maximum atomic E-state index is 11.4. The van der Waals surface area contributed by atoms with E-state index in [1.807, 2.05) is 13.0 Å². The van der Waals surface area contributed by atoms with E-state index >= 15 is 0 Å². The summed E-state index contributed by atoms with van der Waals surface area (Å²) in [5.74, 6) is 0. The lowest BCUT2D eigenvalue weighted by Gasteiger charge is -2.09. The quantitative estimate of drug-likeness (QED) is 0.882. The first-order valence-electron chi connectivity index (χ1n) is 5.68. The van der Waals surface area contributed by atoms with Crippen LogP contribution in [0.3, 0.4) is 0 Å². The molecule has 0 aliphatic rings. The second kappa shape index (κ2) is 5.33. The molecule has 5 heteroatoms. The van der Waals surface area contributed by atoms with E-state index < -0.39 is 10.1 Å². The van der Waals surface area contributed by atoms with E-state index in [0.29, 0.717) is 17.0 Å². The van der Waals surface area contributed by atoms with E-state index in [1.54, 1.807) is 30.3 Å². The van der Waals surface area contributed by atoms with Crippen LogP contribution in [0.25, 0.3) is 0 Å². The van der Waals surface area contributed by atoms with Crippen LogP contribution in [-0.4, -0.2) is 13.0 Å². The summed E-state index contributed by atoms with van der Waals surface area (Å²) in [6.07, 6.45) is 0.400. The van der Waals surface area contributed by atoms with Gasteiger partial charge in [0.2, 0.25) is 0 Å². The first-order valence-corrected chi connectivity index (χ1v) is 7.49. The normalized spacial score (nSPS) is 11.5. The van der Waals surface area contributed by atoms with Crippen molar-refractivity contribution in [2.45, 2.75) is 18.2 Å². The first-order chi connectivity index (χ1) is 8.86. The molecule has 0 aromatic heterocycles. The Bertz CT molecular complexity index is 708. The Morgan fingerprint density at radius 3 is 2.53 bits per heavy atom. The van der Waals surface area contributed by atoms with Gasteiger partial charge in [-0.25, -0.2) is 0 Å². The predicted molar refractivity (Wildman–Crippen MR) is 75.3 cm³/mol. The maximum absolute atomic E-state index is 11.4. The van der Waals surface area contributed by atoms with Crippen LogP contribution in [0.4, 0.5) is 0 Å². The minimum atomic E-state index is -4.21. The molecule has 0 saturated heterocycles. The summed E-state index contributed by atoms with van der Waals surface area (Å²) >= 11 is 5.90. The molecule has 0 aliphatic carbocycles. The Hall–Kier alpha value is -1.36. The highest BCUT2D eigenvalue weighted by Crippen LogP contribution is 2.22. The lowest BCUT2D eigenvalue weighted by Crippen LogP contribution is -2.04. The fourth-order valence-electron chi connectivity index (χ4n) is 1.96. The van der Waals surface area contributed by atoms with Crippen molar-refractivity contribution in [3.63, 3.8) is 0 Å². The van der Waals surface area contributed by atoms with Crippen LogP contribution in [0.5, 0.6) is 0 Å². The fraction of sp³-hybridized carbons (Fsp3) is 0.143. The summed E-state index contributed by atoms with van der Waals surface area (Å²) in [5, 5.41) is 0.596. The summed E-state index contributed by atoms with van der Waals surface area (Å²) in [6, 6.07) is 12.0. The summed E-state index contributed by atoms with van der Waals surface area (Å²) in [4.78, 5) is -0.0573. The molecule has 0 heterocycles. The molecule has 3 nitrogen and oxygen atoms in total. The number of hydrogen-bond acceptors (Lipinski definition) is 2. The summed E-state index contributed by atoms with van der Waals surface area (Å²) in [6.45, 7) is 1.87. The fourth-order valence-corrected chi connectivity index (χ4v) is 2.88. The van der Waals surface area contributed by atoms with Crippen LogP contribution in [0.1, 0.15) is 16.7 Å². The van der Waals surface area contributed by atoms with Gasteiger partial charge in [0.05, 0.1) is 4.90 Å². The zero-order chi connectivity index (χ0) is 14.0. The Morgan fingerprint density at radius 1 is 1.16 bits per heavy atom. The summed E-state index contributed by atoms with van der Waals surface area (Å²) in [7, 11) is -4.21. The SMILES string of the molecule is Cc1ccc(S(=O)(=O)O)c(Cc2cccc(Cl)c2)c1. The topological polar surface area (TPSA) is 54.4 Å². The second-order valence-corrected chi connectivity index (χ2v) is 6.22. The largest absolute Gasteiger partial charge is 0.294 e. The van der Waals surface area contributed by atoms with Gasteiger partial charge in [0.25, 0.3) is 10.1 Å². The molecule has 0 bridgehead atoms. The molecule has 0 unspecified atom stereocenters. The van der Waals surface area contributed by atoms with E-state index in [9.17, 15) is 13.0 Å². The molecular weight excluding hydrogens is 284 g/mol. The summed E-state index contributed by atoms with van der Waals surface area (Å²) < 4.78 is 31.9. The molecule has 0 atom stereocenters. The van der Waals surface area contributed by atoms with Crippen molar-refractivity contribution in [2.24, 2.45) is 0 Å². The molecule has 2 rings (SSSR count). The molecule has 0 saturated carbocycles. The van der Waals surface area contributed by atoms with Gasteiger partial charge in [-0.1, -0.05) is 41.4 Å². The van der Waals surface area contributed by atoms with Crippen molar-refractivity contribution in [1.29, 1.82) is 0 Å². The lowest BCUT2D eigenvalue weighted by atomic mass is 10.0. The van der Waals surface area contributed by atoms with Gasteiger partial charge >= 0.3 is 0 Å². The molecule has 2 aromatic carbocycles. The van der Waals surface area contributed by atoms with E-state index in [-0.39, 0.29) is 4.90 Å². The van der Waals surface area contributed by atoms with Crippen molar-refractivity contribution >= 4 is 21.7 Å². The average molecular weight is 297 g/mol. The van der Waals surface area contributed by atoms with Gasteiger partial charge in [-0.15, -0.1) is 0 Å². The van der Waals surface area contributed by atoms with Gasteiger partial charge in [0.15, 0.2) is 0 Å². The standard InChI is InChI=1S/C14H13ClO3S/c1-10-5-6-14(19(16,17)18)12(7-10)8-11-3-2-4-13(15)9-11/h2-7,9H,8H2,1H3,(H,16,17,18). The van der Waals surface area contributed by atoms with Gasteiger partial charge in [-0.2, -0.15) is 8.42 Å². The Balaban J connectivity index is 2.47. The molecule has 2 aromatic rings. The van der Waals surface area contributed by atoms with Crippen molar-refractivity contribution in [3.8, 4) is 0 Å². The van der Waals surface area contributed by atoms with E-state index in [2.05, 4.69) is 0 Å². The van der Waals surface area contributed by atoms with Gasteiger partial charge < -0.3 is 0 Å². The average Bonchev–Trinajstić information content (AvgIpc) is 2.27. The molecule has 0 amide bonds. The van der Waals surface area contributed by atoms with Gasteiger partial charge in [0, 0.05) is 5.02 Å². The van der Waals surface area contributed by atoms with Crippen LogP contribution in [0.2, 0.25) is 5.02 Å². The molecule has 0 aliphatic heterocycles. The number of rotatable bonds is 3. The maximum Gasteiger partial charge on any atom is 0.294 e. The molecule has 19 heavy (non-hydrogen) atoms. The highest BCUT2D eigenvalue weighted by atomic mass is 35.5. The van der Waals surface area contributed by atoms with Crippen molar-refractivity contribution < 1.29 is 13.0 Å². The van der Waals surface area contributed by atoms with Gasteiger partial charge in [-0.3, -0.25) is 4.55 Å². The molecule has 0 radical (unpaired) electrons. The molecule has 1 N–H and O–H groups in total. The second-order valence-electron chi connectivity index (χ2n) is 4.39. The van der Waals surface area contributed by atoms with Crippen LogP contribution in [0, 0.1) is 6.92 Å². The van der Waals surface area contributed by atoms with E-state index in [1.165, 1.54) is 6.07 Å². The Morgan fingerprint density at radius 2 is 1.89 bits per heavy atom. The molecule has 100 valence electrons. The monoisotopic (exact) mass is 296 g/mol. The van der Waals surface area contributed by atoms with Crippen LogP contribution >= 0.6 is 11.6 Å². The third-order valence-electron chi connectivity index (χ3n) is 2.78. The third kappa shape index (κ3) is 3.56. The van der Waals surface area contributed by atoms with Crippen LogP contribution in [0.15, 0.2) is 47.4 Å². The van der Waals surface area contributed by atoms with Crippen molar-refractivity contribution in [2.75, 3.05) is 0 Å². The third-order valence-corrected chi connectivity index (χ3v) is 3.97.